The molecule has 2 aliphatic rings. The molecule has 0 spiro atoms. The van der Waals surface area contributed by atoms with Crippen molar-refractivity contribution in [2.24, 2.45) is 0 Å². The highest BCUT2D eigenvalue weighted by atomic mass is 32.1. The van der Waals surface area contributed by atoms with Gasteiger partial charge in [-0.15, -0.1) is 11.3 Å². The van der Waals surface area contributed by atoms with Crippen LogP contribution in [0.3, 0.4) is 0 Å². The zero-order valence-electron chi connectivity index (χ0n) is 31.8. The number of hydrogen-bond donors (Lipinski definition) is 2. The van der Waals surface area contributed by atoms with Gasteiger partial charge in [-0.1, -0.05) is 49.2 Å². The van der Waals surface area contributed by atoms with E-state index in [1.165, 1.54) is 23.3 Å². The molecule has 10 nitrogen and oxygen atoms in total. The standard InChI is InChI=1S/C43H51N7O3S/c1-27-39(54-26-45-27)30-16-14-29(15-17-30)34(46-42(52)53-43(2,3)4)12-8-22-48-23-20-28(21-24-48)31-18-19-35-37(25-31)49(32-9-5-6-10-32)41-47-40(51)38-33(44)11-7-13-36(38)50(35)41/h7,11,13-19,25-26,28,32,34H,5-6,8-10,12,20-24,44H2,1-4H3,(H,46,52)/t34-/m0/s1. The molecule has 54 heavy (non-hydrogen) atoms. The van der Waals surface area contributed by atoms with Crippen molar-refractivity contribution in [3.8, 4) is 10.4 Å². The van der Waals surface area contributed by atoms with Gasteiger partial charge in [-0.05, 0) is 133 Å². The summed E-state index contributed by atoms with van der Waals surface area (Å²) in [6.45, 7) is 10.7. The number of carbonyl (C=O) groups excluding carboxylic acids is 1. The lowest BCUT2D eigenvalue weighted by atomic mass is 9.89. The normalized spacial score (nSPS) is 16.8. The van der Waals surface area contributed by atoms with Crippen molar-refractivity contribution in [1.29, 1.82) is 0 Å². The SMILES string of the molecule is Cc1ncsc1-c1ccc([C@H](CCCN2CCC(c3ccc4c(c3)n(C3CCCC3)c3nc(=O)c5c(N)cccc5n43)CC2)NC(=O)OC(C)(C)C)cc1. The zero-order valence-corrected chi connectivity index (χ0v) is 32.6. The van der Waals surface area contributed by atoms with Gasteiger partial charge in [-0.2, -0.15) is 4.98 Å². The Morgan fingerprint density at radius 2 is 1.76 bits per heavy atom. The Morgan fingerprint density at radius 3 is 2.46 bits per heavy atom. The first-order chi connectivity index (χ1) is 26.0. The van der Waals surface area contributed by atoms with Gasteiger partial charge in [-0.3, -0.25) is 9.20 Å². The maximum Gasteiger partial charge on any atom is 0.408 e. The monoisotopic (exact) mass is 745 g/mol. The van der Waals surface area contributed by atoms with Gasteiger partial charge in [0.2, 0.25) is 5.78 Å². The van der Waals surface area contributed by atoms with Crippen molar-refractivity contribution in [3.05, 3.63) is 93.3 Å². The van der Waals surface area contributed by atoms with Gasteiger partial charge >= 0.3 is 6.09 Å². The number of anilines is 1. The van der Waals surface area contributed by atoms with Gasteiger partial charge in [-0.25, -0.2) is 9.78 Å². The Hall–Kier alpha value is -4.74. The summed E-state index contributed by atoms with van der Waals surface area (Å²) < 4.78 is 10.2. The van der Waals surface area contributed by atoms with Crippen LogP contribution in [0.5, 0.6) is 0 Å². The molecule has 8 rings (SSSR count). The molecular weight excluding hydrogens is 695 g/mol. The van der Waals surface area contributed by atoms with Crippen LogP contribution in [0, 0.1) is 6.92 Å². The van der Waals surface area contributed by atoms with Crippen LogP contribution in [-0.2, 0) is 4.74 Å². The molecule has 0 radical (unpaired) electrons. The van der Waals surface area contributed by atoms with Gasteiger partial charge in [0, 0.05) is 11.7 Å². The Morgan fingerprint density at radius 1 is 1.00 bits per heavy atom. The number of carbonyl (C=O) groups is 1. The fraction of sp³-hybridized carbons (Fsp3) is 0.442. The summed E-state index contributed by atoms with van der Waals surface area (Å²) in [5.74, 6) is 1.18. The van der Waals surface area contributed by atoms with Crippen LogP contribution in [0.15, 0.2) is 71.0 Å². The number of fused-ring (bicyclic) bond motifs is 5. The number of aromatic nitrogens is 4. The minimum atomic E-state index is -0.566. The first-order valence-corrected chi connectivity index (χ1v) is 20.4. The number of nitrogen functional groups attached to an aromatic ring is 1. The average Bonchev–Trinajstić information content (AvgIpc) is 3.90. The molecule has 1 atom stereocenters. The van der Waals surface area contributed by atoms with Crippen molar-refractivity contribution in [1.82, 2.24) is 29.2 Å². The highest BCUT2D eigenvalue weighted by molar-refractivity contribution is 7.13. The largest absolute Gasteiger partial charge is 0.444 e. The second kappa shape index (κ2) is 14.8. The number of hydrogen-bond acceptors (Lipinski definition) is 8. The number of nitrogens with two attached hydrogens (primary N) is 1. The van der Waals surface area contributed by atoms with E-state index in [1.807, 2.05) is 45.3 Å². The number of aryl methyl sites for hydroxylation is 1. The minimum Gasteiger partial charge on any atom is -0.444 e. The summed E-state index contributed by atoms with van der Waals surface area (Å²) in [6, 6.07) is 21.3. The molecule has 282 valence electrons. The van der Waals surface area contributed by atoms with E-state index < -0.39 is 5.60 Å². The summed E-state index contributed by atoms with van der Waals surface area (Å²) in [5, 5.41) is 3.65. The van der Waals surface area contributed by atoms with Crippen LogP contribution in [-0.4, -0.2) is 55.2 Å². The minimum absolute atomic E-state index is 0.147. The smallest absolute Gasteiger partial charge is 0.408 e. The number of imidazole rings is 1. The van der Waals surface area contributed by atoms with E-state index in [0.717, 1.165) is 97.3 Å². The average molecular weight is 746 g/mol. The molecule has 3 N–H and O–H groups in total. The number of ether oxygens (including phenoxy) is 1. The molecule has 1 amide bonds. The number of rotatable bonds is 9. The fourth-order valence-electron chi connectivity index (χ4n) is 8.71. The molecular formula is C43H51N7O3S. The number of nitrogens with zero attached hydrogens (tertiary/aromatic N) is 5. The molecule has 1 aliphatic heterocycles. The van der Waals surface area contributed by atoms with Gasteiger partial charge in [0.15, 0.2) is 0 Å². The molecule has 1 aliphatic carbocycles. The molecule has 1 saturated carbocycles. The molecule has 0 unspecified atom stereocenters. The number of benzene rings is 3. The molecule has 0 bridgehead atoms. The Balaban J connectivity index is 0.967. The predicted octanol–water partition coefficient (Wildman–Crippen LogP) is 9.16. The molecule has 11 heteroatoms. The van der Waals surface area contributed by atoms with Crippen molar-refractivity contribution >= 4 is 50.8 Å². The lowest BCUT2D eigenvalue weighted by Crippen LogP contribution is -2.36. The first kappa shape index (κ1) is 36.2. The quantitative estimate of drug-likeness (QED) is 0.142. The van der Waals surface area contributed by atoms with E-state index in [4.69, 9.17) is 10.5 Å². The molecule has 3 aromatic heterocycles. The van der Waals surface area contributed by atoms with Crippen LogP contribution >= 0.6 is 11.3 Å². The Labute approximate surface area is 320 Å². The summed E-state index contributed by atoms with van der Waals surface area (Å²) >= 11 is 1.64. The van der Waals surface area contributed by atoms with E-state index in [9.17, 15) is 9.59 Å². The topological polar surface area (TPSA) is 120 Å². The van der Waals surface area contributed by atoms with Crippen LogP contribution in [0.2, 0.25) is 0 Å². The highest BCUT2D eigenvalue weighted by Crippen LogP contribution is 2.38. The van der Waals surface area contributed by atoms with E-state index in [1.54, 1.807) is 17.4 Å². The summed E-state index contributed by atoms with van der Waals surface area (Å²) in [5.41, 5.74) is 15.5. The Bertz CT molecular complexity index is 2360. The van der Waals surface area contributed by atoms with Crippen LogP contribution in [0.4, 0.5) is 10.5 Å². The van der Waals surface area contributed by atoms with E-state index in [2.05, 4.69) is 71.6 Å². The van der Waals surface area contributed by atoms with Crippen molar-refractivity contribution in [2.45, 2.75) is 103 Å². The van der Waals surface area contributed by atoms with Gasteiger partial charge in [0.25, 0.3) is 5.56 Å². The van der Waals surface area contributed by atoms with Crippen molar-refractivity contribution in [2.75, 3.05) is 25.4 Å². The van der Waals surface area contributed by atoms with Crippen LogP contribution < -0.4 is 16.6 Å². The zero-order chi connectivity index (χ0) is 37.6. The predicted molar refractivity (Wildman–Crippen MR) is 218 cm³/mol. The number of nitrogens with one attached hydrogen (secondary N) is 1. The van der Waals surface area contributed by atoms with E-state index >= 15 is 0 Å². The summed E-state index contributed by atoms with van der Waals surface area (Å²) in [7, 11) is 0. The second-order valence-electron chi connectivity index (χ2n) is 16.2. The van der Waals surface area contributed by atoms with Crippen molar-refractivity contribution < 1.29 is 9.53 Å². The third-order valence-corrected chi connectivity index (χ3v) is 12.4. The number of alkyl carbamates (subject to hydrolysis) is 1. The van der Waals surface area contributed by atoms with Gasteiger partial charge in [0.05, 0.1) is 44.1 Å². The third kappa shape index (κ3) is 7.23. The first-order valence-electron chi connectivity index (χ1n) is 19.5. The third-order valence-electron chi connectivity index (χ3n) is 11.4. The van der Waals surface area contributed by atoms with Crippen molar-refractivity contribution in [3.63, 3.8) is 0 Å². The number of amides is 1. The van der Waals surface area contributed by atoms with Crippen LogP contribution in [0.1, 0.15) is 107 Å². The van der Waals surface area contributed by atoms with E-state index in [0.29, 0.717) is 23.0 Å². The molecule has 6 aromatic rings. The summed E-state index contributed by atoms with van der Waals surface area (Å²) in [6.07, 6.45) is 8.13. The maximum absolute atomic E-state index is 13.3. The Kier molecular flexibility index (Phi) is 9.95. The number of piperidine rings is 1. The maximum atomic E-state index is 13.3. The molecule has 2 fully saturated rings. The lowest BCUT2D eigenvalue weighted by molar-refractivity contribution is 0.0499. The highest BCUT2D eigenvalue weighted by Gasteiger charge is 2.27. The molecule has 1 saturated heterocycles. The van der Waals surface area contributed by atoms with Crippen LogP contribution in [0.25, 0.3) is 38.2 Å². The number of likely N-dealkylation sites (tertiary alicyclic amines) is 1. The number of thiazole rings is 1. The van der Waals surface area contributed by atoms with Gasteiger partial charge < -0.3 is 25.3 Å². The summed E-state index contributed by atoms with van der Waals surface area (Å²) in [4.78, 5) is 39.0. The van der Waals surface area contributed by atoms with E-state index in [-0.39, 0.29) is 17.7 Å². The lowest BCUT2D eigenvalue weighted by Gasteiger charge is -2.32. The van der Waals surface area contributed by atoms with Gasteiger partial charge in [0.1, 0.15) is 5.60 Å². The second-order valence-corrected chi connectivity index (χ2v) is 17.1. The fourth-order valence-corrected chi connectivity index (χ4v) is 9.53. The molecule has 4 heterocycles. The molecule has 3 aromatic carbocycles.